The van der Waals surface area contributed by atoms with Crippen LogP contribution in [0.4, 0.5) is 24.8 Å². The summed E-state index contributed by atoms with van der Waals surface area (Å²) in [7, 11) is 5.06. The molecule has 0 saturated carbocycles. The largest absolute Gasteiger partial charge is 0.495 e. The second-order valence-electron chi connectivity index (χ2n) is 8.90. The van der Waals surface area contributed by atoms with Crippen molar-refractivity contribution in [2.24, 2.45) is 0 Å². The van der Waals surface area contributed by atoms with Crippen molar-refractivity contribution in [1.82, 2.24) is 30.1 Å². The van der Waals surface area contributed by atoms with Crippen molar-refractivity contribution in [2.45, 2.75) is 6.18 Å². The van der Waals surface area contributed by atoms with Crippen molar-refractivity contribution in [2.75, 3.05) is 46.2 Å². The SMILES string of the molecule is CNCCN(C)C(=O)c1ccc(Nc2nc3ccc(-c4ccc(C(=O)NCC(F)(F)F)cc4)cn3n2)c(OC)c1. The number of benzene rings is 2. The quantitative estimate of drug-likeness (QED) is 0.273. The van der Waals surface area contributed by atoms with E-state index in [0.29, 0.717) is 41.7 Å². The molecule has 2 amide bonds. The molecule has 0 bridgehead atoms. The van der Waals surface area contributed by atoms with Crippen LogP contribution in [0.2, 0.25) is 0 Å². The molecule has 210 valence electrons. The van der Waals surface area contributed by atoms with Crippen molar-refractivity contribution in [1.29, 1.82) is 0 Å². The fourth-order valence-electron chi connectivity index (χ4n) is 3.85. The van der Waals surface area contributed by atoms with E-state index in [4.69, 9.17) is 4.74 Å². The second kappa shape index (κ2) is 12.0. The van der Waals surface area contributed by atoms with Crippen LogP contribution < -0.4 is 20.7 Å². The first kappa shape index (κ1) is 28.4. The molecule has 2 aromatic heterocycles. The lowest BCUT2D eigenvalue weighted by molar-refractivity contribution is -0.123. The van der Waals surface area contributed by atoms with E-state index in [0.717, 1.165) is 11.1 Å². The predicted molar refractivity (Wildman–Crippen MR) is 144 cm³/mol. The number of hydrogen-bond donors (Lipinski definition) is 3. The maximum Gasteiger partial charge on any atom is 0.405 e. The molecule has 0 aliphatic heterocycles. The summed E-state index contributed by atoms with van der Waals surface area (Å²) in [4.78, 5) is 30.8. The normalized spacial score (nSPS) is 11.3. The Bertz CT molecular complexity index is 1500. The summed E-state index contributed by atoms with van der Waals surface area (Å²) in [5.74, 6) is -0.183. The van der Waals surface area contributed by atoms with E-state index >= 15 is 0 Å². The minimum atomic E-state index is -4.48. The first-order valence-electron chi connectivity index (χ1n) is 12.2. The summed E-state index contributed by atoms with van der Waals surface area (Å²) in [6, 6.07) is 14.9. The summed E-state index contributed by atoms with van der Waals surface area (Å²) in [5, 5.41) is 12.4. The van der Waals surface area contributed by atoms with E-state index in [1.807, 2.05) is 18.4 Å². The number of halogens is 3. The number of alkyl halides is 3. The van der Waals surface area contributed by atoms with Crippen LogP contribution in [0.3, 0.4) is 0 Å². The Balaban J connectivity index is 1.48. The van der Waals surface area contributed by atoms with E-state index < -0.39 is 18.6 Å². The van der Waals surface area contributed by atoms with Crippen molar-refractivity contribution in [3.05, 3.63) is 71.9 Å². The lowest BCUT2D eigenvalue weighted by Gasteiger charge is -2.18. The number of pyridine rings is 1. The van der Waals surface area contributed by atoms with Crippen molar-refractivity contribution < 1.29 is 27.5 Å². The molecule has 2 heterocycles. The number of nitrogens with zero attached hydrogens (tertiary/aromatic N) is 4. The number of amides is 2. The molecule has 0 radical (unpaired) electrons. The van der Waals surface area contributed by atoms with Crippen LogP contribution in [0, 0.1) is 0 Å². The third-order valence-corrected chi connectivity index (χ3v) is 6.00. The number of fused-ring (bicyclic) bond motifs is 1. The molecule has 40 heavy (non-hydrogen) atoms. The van der Waals surface area contributed by atoms with Gasteiger partial charge in [-0.2, -0.15) is 18.2 Å². The molecule has 4 rings (SSSR count). The molecule has 0 fully saturated rings. The summed E-state index contributed by atoms with van der Waals surface area (Å²) >= 11 is 0. The number of nitrogens with one attached hydrogen (secondary N) is 3. The van der Waals surface area contributed by atoms with Crippen LogP contribution in [0.15, 0.2) is 60.8 Å². The molecular weight excluding hydrogens is 527 g/mol. The second-order valence-corrected chi connectivity index (χ2v) is 8.90. The van der Waals surface area contributed by atoms with Gasteiger partial charge in [-0.25, -0.2) is 4.52 Å². The highest BCUT2D eigenvalue weighted by Crippen LogP contribution is 2.29. The molecule has 0 aliphatic carbocycles. The van der Waals surface area contributed by atoms with E-state index in [2.05, 4.69) is 20.7 Å². The summed E-state index contributed by atoms with van der Waals surface area (Å²) in [6.45, 7) is -0.157. The Morgan fingerprint density at radius 3 is 2.40 bits per heavy atom. The first-order valence-corrected chi connectivity index (χ1v) is 12.2. The van der Waals surface area contributed by atoms with Crippen LogP contribution in [0.25, 0.3) is 16.8 Å². The number of hydrogen-bond acceptors (Lipinski definition) is 7. The molecule has 0 atom stereocenters. The number of carbonyl (C=O) groups is 2. The molecule has 3 N–H and O–H groups in total. The third kappa shape index (κ3) is 6.86. The summed E-state index contributed by atoms with van der Waals surface area (Å²) in [6.07, 6.45) is -2.74. The van der Waals surface area contributed by atoms with Crippen LogP contribution in [0.1, 0.15) is 20.7 Å². The Morgan fingerprint density at radius 2 is 1.73 bits per heavy atom. The molecule has 13 heteroatoms. The van der Waals surface area contributed by atoms with Gasteiger partial charge >= 0.3 is 6.18 Å². The fraction of sp³-hybridized carbons (Fsp3) is 0.259. The zero-order valence-corrected chi connectivity index (χ0v) is 22.0. The molecule has 2 aromatic carbocycles. The van der Waals surface area contributed by atoms with Gasteiger partial charge in [0.05, 0.1) is 12.8 Å². The van der Waals surface area contributed by atoms with Gasteiger partial charge in [0.15, 0.2) is 5.65 Å². The van der Waals surface area contributed by atoms with Crippen molar-refractivity contribution in [3.8, 4) is 16.9 Å². The average Bonchev–Trinajstić information content (AvgIpc) is 3.35. The third-order valence-electron chi connectivity index (χ3n) is 6.00. The lowest BCUT2D eigenvalue weighted by Crippen LogP contribution is -2.33. The number of rotatable bonds is 10. The molecule has 0 aliphatic rings. The highest BCUT2D eigenvalue weighted by atomic mass is 19.4. The van der Waals surface area contributed by atoms with Crippen molar-refractivity contribution in [3.63, 3.8) is 0 Å². The van der Waals surface area contributed by atoms with Gasteiger partial charge in [0.2, 0.25) is 5.95 Å². The lowest BCUT2D eigenvalue weighted by atomic mass is 10.1. The van der Waals surface area contributed by atoms with E-state index in [-0.39, 0.29) is 11.5 Å². The van der Waals surface area contributed by atoms with Crippen LogP contribution in [-0.4, -0.2) is 78.3 Å². The van der Waals surface area contributed by atoms with Gasteiger partial charge < -0.3 is 25.6 Å². The number of methoxy groups -OCH3 is 1. The Labute approximate surface area is 228 Å². The first-order chi connectivity index (χ1) is 19.1. The molecule has 10 nitrogen and oxygen atoms in total. The predicted octanol–water partition coefficient (Wildman–Crippen LogP) is 3.73. The maximum absolute atomic E-state index is 12.7. The van der Waals surface area contributed by atoms with Crippen molar-refractivity contribution >= 4 is 29.1 Å². The molecule has 0 spiro atoms. The maximum atomic E-state index is 12.7. The fourth-order valence-corrected chi connectivity index (χ4v) is 3.85. The standard InChI is InChI=1S/C27H28F3N7O3/c1-31-12-13-36(2)25(39)19-8-10-21(22(14-19)40-3)33-26-34-23-11-9-20(15-37(23)35-26)17-4-6-18(7-5-17)24(38)32-16-27(28,29)30/h4-11,14-15,31H,12-13,16H2,1-3H3,(H,32,38)(H,33,35). The Kier molecular flexibility index (Phi) is 8.53. The highest BCUT2D eigenvalue weighted by Gasteiger charge is 2.27. The number of carbonyl (C=O) groups excluding carboxylic acids is 2. The van der Waals surface area contributed by atoms with Crippen LogP contribution >= 0.6 is 0 Å². The number of likely N-dealkylation sites (N-methyl/N-ethyl adjacent to an activating group) is 2. The van der Waals surface area contributed by atoms with Crippen LogP contribution in [-0.2, 0) is 0 Å². The topological polar surface area (TPSA) is 113 Å². The Morgan fingerprint density at radius 1 is 1.02 bits per heavy atom. The number of anilines is 2. The van der Waals surface area contributed by atoms with E-state index in [1.54, 1.807) is 59.1 Å². The zero-order chi connectivity index (χ0) is 28.9. The number of aromatic nitrogens is 3. The smallest absolute Gasteiger partial charge is 0.405 e. The van der Waals surface area contributed by atoms with Gasteiger partial charge in [-0.1, -0.05) is 12.1 Å². The summed E-state index contributed by atoms with van der Waals surface area (Å²) < 4.78 is 44.1. The zero-order valence-electron chi connectivity index (χ0n) is 22.0. The van der Waals surface area contributed by atoms with Gasteiger partial charge in [-0.3, -0.25) is 9.59 Å². The van der Waals surface area contributed by atoms with Gasteiger partial charge in [0, 0.05) is 43.0 Å². The number of ether oxygens (including phenoxy) is 1. The van der Waals surface area contributed by atoms with Gasteiger partial charge in [0.25, 0.3) is 11.8 Å². The van der Waals surface area contributed by atoms with Crippen LogP contribution in [0.5, 0.6) is 5.75 Å². The van der Waals surface area contributed by atoms with Gasteiger partial charge in [0.1, 0.15) is 12.3 Å². The summed E-state index contributed by atoms with van der Waals surface area (Å²) in [5.41, 5.74) is 3.23. The van der Waals surface area contributed by atoms with Gasteiger partial charge in [-0.05, 0) is 55.1 Å². The monoisotopic (exact) mass is 555 g/mol. The van der Waals surface area contributed by atoms with Gasteiger partial charge in [-0.15, -0.1) is 5.10 Å². The minimum absolute atomic E-state index is 0.118. The molecule has 0 saturated heterocycles. The van der Waals surface area contributed by atoms with E-state index in [1.165, 1.54) is 19.2 Å². The molecule has 0 unspecified atom stereocenters. The Hall–Kier alpha value is -4.65. The van der Waals surface area contributed by atoms with E-state index in [9.17, 15) is 22.8 Å². The highest BCUT2D eigenvalue weighted by molar-refractivity contribution is 5.95. The molecular formula is C27H28F3N7O3. The molecule has 4 aromatic rings. The minimum Gasteiger partial charge on any atom is -0.495 e. The average molecular weight is 556 g/mol.